The van der Waals surface area contributed by atoms with Crippen molar-refractivity contribution in [2.24, 2.45) is 5.14 Å². The van der Waals surface area contributed by atoms with Crippen LogP contribution in [0.15, 0.2) is 39.8 Å². The van der Waals surface area contributed by atoms with Crippen LogP contribution >= 0.6 is 15.9 Å². The van der Waals surface area contributed by atoms with Gasteiger partial charge in [-0.3, -0.25) is 0 Å². The van der Waals surface area contributed by atoms with Gasteiger partial charge in [-0.05, 0) is 40.2 Å². The number of nitrogens with zero attached hydrogens (tertiary/aromatic N) is 2. The molecule has 1 aliphatic rings. The van der Waals surface area contributed by atoms with Crippen molar-refractivity contribution in [2.45, 2.75) is 17.4 Å². The first-order valence-corrected chi connectivity index (χ1v) is 9.52. The molecule has 1 aliphatic heterocycles. The molecule has 1 aromatic carbocycles. The van der Waals surface area contributed by atoms with E-state index in [1.165, 1.54) is 18.3 Å². The van der Waals surface area contributed by atoms with Crippen LogP contribution in [-0.4, -0.2) is 37.0 Å². The normalized spacial score (nSPS) is 17.2. The molecule has 1 aromatic heterocycles. The smallest absolute Gasteiger partial charge is 0.328 e. The molecule has 0 bridgehead atoms. The molecule has 11 heteroatoms. The number of halogens is 1. The molecule has 1 saturated heterocycles. The highest BCUT2D eigenvalue weighted by Crippen LogP contribution is 2.24. The van der Waals surface area contributed by atoms with Gasteiger partial charge in [0, 0.05) is 18.3 Å². The second kappa shape index (κ2) is 6.94. The molecule has 25 heavy (non-hydrogen) atoms. The summed E-state index contributed by atoms with van der Waals surface area (Å²) in [5, 5.41) is 11.0. The van der Waals surface area contributed by atoms with E-state index >= 15 is 0 Å². The lowest BCUT2D eigenvalue weighted by Gasteiger charge is -2.12. The van der Waals surface area contributed by atoms with Crippen molar-refractivity contribution < 1.29 is 17.9 Å². The lowest BCUT2D eigenvalue weighted by Crippen LogP contribution is -2.25. The Balaban J connectivity index is 1.76. The molecule has 0 radical (unpaired) electrons. The zero-order valence-corrected chi connectivity index (χ0v) is 15.2. The van der Waals surface area contributed by atoms with Gasteiger partial charge in [-0.25, -0.2) is 23.3 Å². The number of primary sulfonamides is 1. The number of hydrogen-bond acceptors (Lipinski definition) is 8. The Morgan fingerprint density at radius 1 is 1.28 bits per heavy atom. The van der Waals surface area contributed by atoms with Gasteiger partial charge in [0.25, 0.3) is 0 Å². The number of carbonyl (C=O) groups excluding carboxylic acids is 1. The first-order valence-electron chi connectivity index (χ1n) is 7.18. The van der Waals surface area contributed by atoms with Gasteiger partial charge in [-0.2, -0.15) is 4.98 Å². The number of nitrogens with two attached hydrogens (primary N) is 1. The molecule has 1 atom stereocenters. The molecule has 3 rings (SSSR count). The summed E-state index contributed by atoms with van der Waals surface area (Å²) >= 11 is 3.33. The molecule has 4 N–H and O–H groups in total. The third kappa shape index (κ3) is 4.24. The van der Waals surface area contributed by atoms with Gasteiger partial charge in [0.05, 0.1) is 16.0 Å². The van der Waals surface area contributed by atoms with Gasteiger partial charge in [-0.1, -0.05) is 0 Å². The van der Waals surface area contributed by atoms with Gasteiger partial charge >= 0.3 is 5.97 Å². The minimum Gasteiger partial charge on any atom is -0.464 e. The number of aromatic nitrogens is 2. The molecule has 0 amide bonds. The van der Waals surface area contributed by atoms with E-state index in [4.69, 9.17) is 9.88 Å². The van der Waals surface area contributed by atoms with Crippen molar-refractivity contribution in [3.8, 4) is 0 Å². The molecule has 132 valence electrons. The maximum Gasteiger partial charge on any atom is 0.328 e. The van der Waals surface area contributed by atoms with Crippen molar-refractivity contribution >= 4 is 49.4 Å². The predicted molar refractivity (Wildman–Crippen MR) is 93.8 cm³/mol. The van der Waals surface area contributed by atoms with E-state index in [9.17, 15) is 13.2 Å². The monoisotopic (exact) mass is 427 g/mol. The Bertz CT molecular complexity index is 904. The number of anilines is 3. The van der Waals surface area contributed by atoms with Crippen molar-refractivity contribution in [3.63, 3.8) is 0 Å². The van der Waals surface area contributed by atoms with Crippen molar-refractivity contribution in [1.82, 2.24) is 9.97 Å². The first-order chi connectivity index (χ1) is 11.8. The first kappa shape index (κ1) is 17.6. The van der Waals surface area contributed by atoms with Crippen molar-refractivity contribution in [1.29, 1.82) is 0 Å². The molecular formula is C14H14BrN5O4S. The summed E-state index contributed by atoms with van der Waals surface area (Å²) in [5.41, 5.74) is 0.584. The van der Waals surface area contributed by atoms with Gasteiger partial charge in [-0.15, -0.1) is 0 Å². The quantitative estimate of drug-likeness (QED) is 0.608. The number of sulfonamides is 1. The molecule has 9 nitrogen and oxygen atoms in total. The minimum atomic E-state index is -3.74. The predicted octanol–water partition coefficient (Wildman–Crippen LogP) is 1.36. The number of carbonyl (C=O) groups is 1. The van der Waals surface area contributed by atoms with E-state index in [0.717, 1.165) is 0 Å². The number of cyclic esters (lactones) is 1. The van der Waals surface area contributed by atoms with Gasteiger partial charge in [0.2, 0.25) is 16.0 Å². The summed E-state index contributed by atoms with van der Waals surface area (Å²) in [5.74, 6) is 0.404. The molecule has 0 saturated carbocycles. The average Bonchev–Trinajstić information content (AvgIpc) is 2.95. The fraction of sp³-hybridized carbons (Fsp3) is 0.214. The van der Waals surface area contributed by atoms with Crippen molar-refractivity contribution in [2.75, 3.05) is 17.2 Å². The zero-order valence-electron chi connectivity index (χ0n) is 12.8. The van der Waals surface area contributed by atoms with Crippen LogP contribution in [0.25, 0.3) is 0 Å². The lowest BCUT2D eigenvalue weighted by molar-refractivity contribution is -0.138. The third-order valence-corrected chi connectivity index (χ3v) is 4.94. The van der Waals surface area contributed by atoms with Crippen LogP contribution in [0.4, 0.5) is 17.5 Å². The number of rotatable bonds is 5. The number of esters is 1. The molecule has 0 aliphatic carbocycles. The summed E-state index contributed by atoms with van der Waals surface area (Å²) in [6.07, 6.45) is 2.10. The molecule has 2 heterocycles. The number of benzene rings is 1. The van der Waals surface area contributed by atoms with Crippen LogP contribution in [0.1, 0.15) is 6.42 Å². The van der Waals surface area contributed by atoms with Crippen LogP contribution in [0.5, 0.6) is 0 Å². The maximum absolute atomic E-state index is 11.6. The Kier molecular flexibility index (Phi) is 4.88. The highest BCUT2D eigenvalue weighted by molar-refractivity contribution is 9.10. The number of hydrogen-bond donors (Lipinski definition) is 3. The SMILES string of the molecule is NS(=O)(=O)c1ccc(Nc2ncc(Br)c(N[C@@H]3CCOC3=O)n2)cc1. The van der Waals surface area contributed by atoms with Crippen molar-refractivity contribution in [3.05, 3.63) is 34.9 Å². The highest BCUT2D eigenvalue weighted by Gasteiger charge is 2.27. The van der Waals surface area contributed by atoms with E-state index < -0.39 is 16.1 Å². The lowest BCUT2D eigenvalue weighted by atomic mass is 10.2. The maximum atomic E-state index is 11.6. The number of nitrogens with one attached hydrogen (secondary N) is 2. The van der Waals surface area contributed by atoms with Crippen LogP contribution < -0.4 is 15.8 Å². The summed E-state index contributed by atoms with van der Waals surface area (Å²) in [6.45, 7) is 0.376. The van der Waals surface area contributed by atoms with Crippen LogP contribution in [-0.2, 0) is 19.6 Å². The average molecular weight is 428 g/mol. The van der Waals surface area contributed by atoms with E-state index in [2.05, 4.69) is 36.5 Å². The Morgan fingerprint density at radius 3 is 2.60 bits per heavy atom. The van der Waals surface area contributed by atoms with E-state index in [0.29, 0.717) is 29.0 Å². The summed E-state index contributed by atoms with van der Waals surface area (Å²) in [4.78, 5) is 20.0. The molecular weight excluding hydrogens is 414 g/mol. The second-order valence-corrected chi connectivity index (χ2v) is 7.65. The minimum absolute atomic E-state index is 0.0110. The van der Waals surface area contributed by atoms with Gasteiger partial charge in [0.15, 0.2) is 0 Å². The van der Waals surface area contributed by atoms with E-state index in [1.54, 1.807) is 12.1 Å². The molecule has 0 unspecified atom stereocenters. The fourth-order valence-electron chi connectivity index (χ4n) is 2.18. The topological polar surface area (TPSA) is 136 Å². The highest BCUT2D eigenvalue weighted by atomic mass is 79.9. The standard InChI is InChI=1S/C14H14BrN5O4S/c15-10-7-17-14(20-12(10)19-11-5-6-24-13(11)21)18-8-1-3-9(4-2-8)25(16,22)23/h1-4,7,11H,5-6H2,(H2,16,22,23)(H2,17,18,19,20)/t11-/m1/s1. The Morgan fingerprint density at radius 2 is 2.00 bits per heavy atom. The Hall–Kier alpha value is -2.24. The fourth-order valence-corrected chi connectivity index (χ4v) is 3.00. The van der Waals surface area contributed by atoms with Crippen LogP contribution in [0.3, 0.4) is 0 Å². The largest absolute Gasteiger partial charge is 0.464 e. The second-order valence-electron chi connectivity index (χ2n) is 5.24. The van der Waals surface area contributed by atoms with Crippen LogP contribution in [0, 0.1) is 0 Å². The van der Waals surface area contributed by atoms with E-state index in [1.807, 2.05) is 0 Å². The Labute approximate surface area is 152 Å². The molecule has 0 spiro atoms. The molecule has 1 fully saturated rings. The zero-order chi connectivity index (χ0) is 18.0. The van der Waals surface area contributed by atoms with Gasteiger partial charge in [0.1, 0.15) is 11.9 Å². The third-order valence-electron chi connectivity index (χ3n) is 3.43. The summed E-state index contributed by atoms with van der Waals surface area (Å²) < 4.78 is 28.0. The van der Waals surface area contributed by atoms with Crippen LogP contribution in [0.2, 0.25) is 0 Å². The number of ether oxygens (including phenoxy) is 1. The summed E-state index contributed by atoms with van der Waals surface area (Å²) in [7, 11) is -3.74. The molecule has 2 aromatic rings. The van der Waals surface area contributed by atoms with E-state index in [-0.39, 0.29) is 16.8 Å². The van der Waals surface area contributed by atoms with Gasteiger partial charge < -0.3 is 15.4 Å². The summed E-state index contributed by atoms with van der Waals surface area (Å²) in [6, 6.07) is 5.40.